The average molecular weight is 238 g/mol. The van der Waals surface area contributed by atoms with Crippen LogP contribution in [0.3, 0.4) is 0 Å². The van der Waals surface area contributed by atoms with Crippen LogP contribution in [0, 0.1) is 6.92 Å². The highest BCUT2D eigenvalue weighted by Gasteiger charge is 2.18. The molecule has 17 heavy (non-hydrogen) atoms. The summed E-state index contributed by atoms with van der Waals surface area (Å²) >= 11 is 0. The SMILES string of the molecule is Cc1cc(=O)[nH]c(N2CCN(CCO)CC2)n1. The second-order valence-electron chi connectivity index (χ2n) is 4.26. The Bertz CT molecular complexity index is 424. The molecule has 1 aromatic rings. The van der Waals surface area contributed by atoms with E-state index in [9.17, 15) is 4.79 Å². The fourth-order valence-electron chi connectivity index (χ4n) is 2.04. The average Bonchev–Trinajstić information content (AvgIpc) is 2.29. The van der Waals surface area contributed by atoms with Crippen LogP contribution in [-0.4, -0.2) is 59.3 Å². The van der Waals surface area contributed by atoms with Gasteiger partial charge in [-0.25, -0.2) is 4.98 Å². The molecular weight excluding hydrogens is 220 g/mol. The molecule has 1 aliphatic rings. The number of piperazine rings is 1. The summed E-state index contributed by atoms with van der Waals surface area (Å²) in [4.78, 5) is 22.7. The molecule has 94 valence electrons. The number of anilines is 1. The van der Waals surface area contributed by atoms with E-state index in [0.717, 1.165) is 31.9 Å². The second-order valence-corrected chi connectivity index (χ2v) is 4.26. The summed E-state index contributed by atoms with van der Waals surface area (Å²) in [5.41, 5.74) is 0.631. The minimum Gasteiger partial charge on any atom is -0.395 e. The normalized spacial score (nSPS) is 17.4. The zero-order valence-corrected chi connectivity index (χ0v) is 10.0. The molecule has 0 spiro atoms. The van der Waals surface area contributed by atoms with E-state index < -0.39 is 0 Å². The Labute approximate surface area is 99.9 Å². The van der Waals surface area contributed by atoms with E-state index >= 15 is 0 Å². The van der Waals surface area contributed by atoms with E-state index in [1.165, 1.54) is 6.07 Å². The number of aliphatic hydroxyl groups is 1. The molecule has 0 aromatic carbocycles. The number of aryl methyl sites for hydroxylation is 1. The van der Waals surface area contributed by atoms with E-state index in [1.807, 2.05) is 6.92 Å². The van der Waals surface area contributed by atoms with Gasteiger partial charge in [-0.2, -0.15) is 0 Å². The van der Waals surface area contributed by atoms with Crippen LogP contribution in [0.4, 0.5) is 5.95 Å². The first kappa shape index (κ1) is 12.1. The maximum Gasteiger partial charge on any atom is 0.252 e. The van der Waals surface area contributed by atoms with E-state index in [2.05, 4.69) is 19.8 Å². The Morgan fingerprint density at radius 2 is 2.12 bits per heavy atom. The molecule has 0 radical (unpaired) electrons. The van der Waals surface area contributed by atoms with Crippen molar-refractivity contribution in [1.29, 1.82) is 0 Å². The molecule has 2 N–H and O–H groups in total. The lowest BCUT2D eigenvalue weighted by Gasteiger charge is -2.34. The van der Waals surface area contributed by atoms with E-state index in [-0.39, 0.29) is 12.2 Å². The fourth-order valence-corrected chi connectivity index (χ4v) is 2.04. The Kier molecular flexibility index (Phi) is 3.75. The molecule has 2 rings (SSSR count). The predicted octanol–water partition coefficient (Wildman–Crippen LogP) is -0.807. The van der Waals surface area contributed by atoms with Crippen LogP contribution in [0.25, 0.3) is 0 Å². The van der Waals surface area contributed by atoms with Crippen molar-refractivity contribution in [3.63, 3.8) is 0 Å². The minimum absolute atomic E-state index is 0.106. The van der Waals surface area contributed by atoms with Crippen LogP contribution < -0.4 is 10.5 Å². The molecule has 0 aliphatic carbocycles. The molecule has 6 heteroatoms. The van der Waals surface area contributed by atoms with Crippen LogP contribution in [0.1, 0.15) is 5.69 Å². The van der Waals surface area contributed by atoms with Crippen LogP contribution in [-0.2, 0) is 0 Å². The Morgan fingerprint density at radius 3 is 2.71 bits per heavy atom. The van der Waals surface area contributed by atoms with Crippen LogP contribution in [0.2, 0.25) is 0 Å². The minimum atomic E-state index is -0.106. The molecule has 0 unspecified atom stereocenters. The van der Waals surface area contributed by atoms with Gasteiger partial charge in [0.05, 0.1) is 6.61 Å². The number of H-pyrrole nitrogens is 1. The third-order valence-corrected chi connectivity index (χ3v) is 2.95. The third-order valence-electron chi connectivity index (χ3n) is 2.95. The lowest BCUT2D eigenvalue weighted by molar-refractivity contribution is 0.188. The number of β-amino-alcohol motifs (C(OH)–C–C–N with tert-alkyl or cyclic N) is 1. The van der Waals surface area contributed by atoms with Gasteiger partial charge in [-0.3, -0.25) is 14.7 Å². The first-order valence-electron chi connectivity index (χ1n) is 5.85. The number of nitrogens with one attached hydrogen (secondary N) is 1. The number of hydrogen-bond donors (Lipinski definition) is 2. The van der Waals surface area contributed by atoms with Crippen molar-refractivity contribution in [3.8, 4) is 0 Å². The molecular formula is C11H18N4O2. The quantitative estimate of drug-likeness (QED) is 0.721. The van der Waals surface area contributed by atoms with Gasteiger partial charge in [-0.1, -0.05) is 0 Å². The van der Waals surface area contributed by atoms with E-state index in [0.29, 0.717) is 12.5 Å². The summed E-state index contributed by atoms with van der Waals surface area (Å²) in [6, 6.07) is 1.49. The largest absolute Gasteiger partial charge is 0.395 e. The van der Waals surface area contributed by atoms with Gasteiger partial charge in [0, 0.05) is 44.5 Å². The van der Waals surface area contributed by atoms with Crippen LogP contribution >= 0.6 is 0 Å². The standard InChI is InChI=1S/C11H18N4O2/c1-9-8-10(17)13-11(12-9)15-4-2-14(3-5-15)6-7-16/h8,16H,2-7H2,1H3,(H,12,13,17). The van der Waals surface area contributed by atoms with Crippen molar-refractivity contribution in [3.05, 3.63) is 22.1 Å². The third kappa shape index (κ3) is 3.04. The Morgan fingerprint density at radius 1 is 1.41 bits per heavy atom. The van der Waals surface area contributed by atoms with Gasteiger partial charge in [0.25, 0.3) is 5.56 Å². The monoisotopic (exact) mass is 238 g/mol. The smallest absolute Gasteiger partial charge is 0.252 e. The van der Waals surface area contributed by atoms with Gasteiger partial charge in [-0.05, 0) is 6.92 Å². The second kappa shape index (κ2) is 5.29. The molecule has 2 heterocycles. The number of aliphatic hydroxyl groups excluding tert-OH is 1. The van der Waals surface area contributed by atoms with Gasteiger partial charge in [-0.15, -0.1) is 0 Å². The number of aromatic amines is 1. The lowest BCUT2D eigenvalue weighted by Crippen LogP contribution is -2.48. The first-order chi connectivity index (χ1) is 8.19. The molecule has 1 aliphatic heterocycles. The molecule has 6 nitrogen and oxygen atoms in total. The van der Waals surface area contributed by atoms with Gasteiger partial charge in [0.15, 0.2) is 0 Å². The fraction of sp³-hybridized carbons (Fsp3) is 0.636. The maximum absolute atomic E-state index is 11.4. The highest BCUT2D eigenvalue weighted by atomic mass is 16.3. The summed E-state index contributed by atoms with van der Waals surface area (Å²) in [6.07, 6.45) is 0. The highest BCUT2D eigenvalue weighted by molar-refractivity contribution is 5.30. The number of hydrogen-bond acceptors (Lipinski definition) is 5. The van der Waals surface area contributed by atoms with Crippen molar-refractivity contribution in [2.24, 2.45) is 0 Å². The predicted molar refractivity (Wildman–Crippen MR) is 65.3 cm³/mol. The van der Waals surface area contributed by atoms with Crippen LogP contribution in [0.15, 0.2) is 10.9 Å². The van der Waals surface area contributed by atoms with Gasteiger partial charge < -0.3 is 10.0 Å². The van der Waals surface area contributed by atoms with Crippen LogP contribution in [0.5, 0.6) is 0 Å². The summed E-state index contributed by atoms with van der Waals surface area (Å²) in [5, 5.41) is 8.86. The highest BCUT2D eigenvalue weighted by Crippen LogP contribution is 2.09. The number of rotatable bonds is 3. The molecule has 0 amide bonds. The lowest BCUT2D eigenvalue weighted by atomic mass is 10.3. The van der Waals surface area contributed by atoms with Gasteiger partial charge in [0.2, 0.25) is 5.95 Å². The van der Waals surface area contributed by atoms with Crippen molar-refractivity contribution in [1.82, 2.24) is 14.9 Å². The number of nitrogens with zero attached hydrogens (tertiary/aromatic N) is 3. The molecule has 1 fully saturated rings. The number of aromatic nitrogens is 2. The summed E-state index contributed by atoms with van der Waals surface area (Å²) in [6.45, 7) is 6.15. The molecule has 0 atom stereocenters. The van der Waals surface area contributed by atoms with E-state index in [1.54, 1.807) is 0 Å². The summed E-state index contributed by atoms with van der Waals surface area (Å²) in [7, 11) is 0. The molecule has 1 saturated heterocycles. The summed E-state index contributed by atoms with van der Waals surface area (Å²) in [5.74, 6) is 0.652. The summed E-state index contributed by atoms with van der Waals surface area (Å²) < 4.78 is 0. The maximum atomic E-state index is 11.4. The van der Waals surface area contributed by atoms with Gasteiger partial charge in [0.1, 0.15) is 0 Å². The van der Waals surface area contributed by atoms with Crippen molar-refractivity contribution in [2.75, 3.05) is 44.2 Å². The van der Waals surface area contributed by atoms with E-state index in [4.69, 9.17) is 5.11 Å². The Balaban J connectivity index is 2.02. The van der Waals surface area contributed by atoms with Crippen molar-refractivity contribution < 1.29 is 5.11 Å². The molecule has 0 saturated carbocycles. The first-order valence-corrected chi connectivity index (χ1v) is 5.85. The van der Waals surface area contributed by atoms with Crippen molar-refractivity contribution >= 4 is 5.95 Å². The zero-order chi connectivity index (χ0) is 12.3. The molecule has 0 bridgehead atoms. The zero-order valence-electron chi connectivity index (χ0n) is 10.0. The van der Waals surface area contributed by atoms with Gasteiger partial charge >= 0.3 is 0 Å². The topological polar surface area (TPSA) is 72.5 Å². The van der Waals surface area contributed by atoms with Crippen molar-refractivity contribution in [2.45, 2.75) is 6.92 Å². The Hall–Kier alpha value is -1.40. The molecule has 1 aromatic heterocycles.